The van der Waals surface area contributed by atoms with Gasteiger partial charge in [0.05, 0.1) is 24.8 Å². The fourth-order valence-electron chi connectivity index (χ4n) is 1.68. The number of methoxy groups -OCH3 is 1. The van der Waals surface area contributed by atoms with E-state index in [9.17, 15) is 4.79 Å². The van der Waals surface area contributed by atoms with Crippen molar-refractivity contribution in [2.24, 2.45) is 0 Å². The Bertz CT molecular complexity index is 480. The zero-order valence-electron chi connectivity index (χ0n) is 11.5. The molecule has 0 aliphatic heterocycles. The Hall–Kier alpha value is -2.06. The number of hydrogen-bond acceptors (Lipinski definition) is 4. The van der Waals surface area contributed by atoms with E-state index in [1.54, 1.807) is 19.2 Å². The highest BCUT2D eigenvalue weighted by atomic mass is 16.5. The molecule has 1 amide bonds. The molecule has 0 fully saturated rings. The van der Waals surface area contributed by atoms with Crippen LogP contribution in [-0.4, -0.2) is 32.2 Å². The molecule has 0 aliphatic carbocycles. The average molecular weight is 261 g/mol. The molecule has 0 radical (unpaired) electrons. The van der Waals surface area contributed by atoms with Gasteiger partial charge in [-0.2, -0.15) is 5.26 Å². The second-order valence-electron chi connectivity index (χ2n) is 4.42. The molecule has 5 heteroatoms. The number of aryl methyl sites for hydroxylation is 1. The van der Waals surface area contributed by atoms with E-state index in [2.05, 4.69) is 16.7 Å². The molecule has 0 heterocycles. The minimum absolute atomic E-state index is 0.0224. The second-order valence-corrected chi connectivity index (χ2v) is 4.42. The van der Waals surface area contributed by atoms with Crippen LogP contribution in [0.3, 0.4) is 0 Å². The van der Waals surface area contributed by atoms with Gasteiger partial charge in [-0.05, 0) is 31.5 Å². The first-order chi connectivity index (χ1) is 9.06. The van der Waals surface area contributed by atoms with Crippen molar-refractivity contribution >= 4 is 11.6 Å². The first-order valence-corrected chi connectivity index (χ1v) is 6.09. The van der Waals surface area contributed by atoms with Crippen molar-refractivity contribution in [3.05, 3.63) is 29.3 Å². The SMILES string of the molecule is COCC(C)NC(=O)CNc1cc(C#N)ccc1C. The van der Waals surface area contributed by atoms with Crippen LogP contribution in [0.15, 0.2) is 18.2 Å². The van der Waals surface area contributed by atoms with E-state index >= 15 is 0 Å². The molecule has 1 unspecified atom stereocenters. The van der Waals surface area contributed by atoms with E-state index in [0.717, 1.165) is 11.3 Å². The highest BCUT2D eigenvalue weighted by molar-refractivity contribution is 5.81. The summed E-state index contributed by atoms with van der Waals surface area (Å²) in [7, 11) is 1.59. The summed E-state index contributed by atoms with van der Waals surface area (Å²) in [5, 5.41) is 14.7. The molecule has 0 saturated carbocycles. The van der Waals surface area contributed by atoms with E-state index in [-0.39, 0.29) is 18.5 Å². The van der Waals surface area contributed by atoms with Crippen LogP contribution in [0.5, 0.6) is 0 Å². The largest absolute Gasteiger partial charge is 0.383 e. The average Bonchev–Trinajstić information content (AvgIpc) is 2.38. The lowest BCUT2D eigenvalue weighted by Crippen LogP contribution is -2.39. The summed E-state index contributed by atoms with van der Waals surface area (Å²) in [5.41, 5.74) is 2.37. The summed E-state index contributed by atoms with van der Waals surface area (Å²) in [4.78, 5) is 11.7. The monoisotopic (exact) mass is 261 g/mol. The van der Waals surface area contributed by atoms with Crippen LogP contribution >= 0.6 is 0 Å². The number of nitriles is 1. The smallest absolute Gasteiger partial charge is 0.239 e. The number of anilines is 1. The highest BCUT2D eigenvalue weighted by Gasteiger charge is 2.07. The van der Waals surface area contributed by atoms with Crippen LogP contribution in [0.2, 0.25) is 0 Å². The molecule has 19 heavy (non-hydrogen) atoms. The Kier molecular flexibility index (Phi) is 5.83. The first kappa shape index (κ1) is 15.0. The number of benzene rings is 1. The van der Waals surface area contributed by atoms with Gasteiger partial charge in [-0.25, -0.2) is 0 Å². The molecule has 0 spiro atoms. The van der Waals surface area contributed by atoms with Gasteiger partial charge in [0.15, 0.2) is 0 Å². The molecular weight excluding hydrogens is 242 g/mol. The van der Waals surface area contributed by atoms with Crippen molar-refractivity contribution in [3.63, 3.8) is 0 Å². The van der Waals surface area contributed by atoms with Crippen molar-refractivity contribution in [1.82, 2.24) is 5.32 Å². The number of carbonyl (C=O) groups is 1. The molecule has 0 aromatic heterocycles. The number of nitrogens with zero attached hydrogens (tertiary/aromatic N) is 1. The van der Waals surface area contributed by atoms with Gasteiger partial charge in [-0.15, -0.1) is 0 Å². The third-order valence-corrected chi connectivity index (χ3v) is 2.63. The van der Waals surface area contributed by atoms with Crippen LogP contribution < -0.4 is 10.6 Å². The van der Waals surface area contributed by atoms with Gasteiger partial charge in [0.25, 0.3) is 0 Å². The van der Waals surface area contributed by atoms with Crippen LogP contribution in [0.25, 0.3) is 0 Å². The Balaban J connectivity index is 2.53. The van der Waals surface area contributed by atoms with Gasteiger partial charge in [0, 0.05) is 18.8 Å². The van der Waals surface area contributed by atoms with E-state index in [1.807, 2.05) is 19.9 Å². The fraction of sp³-hybridized carbons (Fsp3) is 0.429. The predicted octanol–water partition coefficient (Wildman–Crippen LogP) is 1.43. The van der Waals surface area contributed by atoms with Gasteiger partial charge in [0.1, 0.15) is 0 Å². The third-order valence-electron chi connectivity index (χ3n) is 2.63. The molecule has 1 aromatic rings. The lowest BCUT2D eigenvalue weighted by Gasteiger charge is -2.14. The lowest BCUT2D eigenvalue weighted by molar-refractivity contribution is -0.120. The maximum Gasteiger partial charge on any atom is 0.239 e. The Morgan fingerprint density at radius 1 is 1.53 bits per heavy atom. The standard InChI is InChI=1S/C14H19N3O2/c1-10-4-5-12(7-15)6-13(10)16-8-14(18)17-11(2)9-19-3/h4-6,11,16H,8-9H2,1-3H3,(H,17,18). The number of carbonyl (C=O) groups excluding carboxylic acids is 1. The van der Waals surface area contributed by atoms with Crippen molar-refractivity contribution < 1.29 is 9.53 Å². The summed E-state index contributed by atoms with van der Waals surface area (Å²) >= 11 is 0. The van der Waals surface area contributed by atoms with Gasteiger partial charge >= 0.3 is 0 Å². The molecule has 0 aliphatic rings. The summed E-state index contributed by atoms with van der Waals surface area (Å²) in [6, 6.07) is 7.39. The van der Waals surface area contributed by atoms with Gasteiger partial charge in [-0.3, -0.25) is 4.79 Å². The van der Waals surface area contributed by atoms with Crippen LogP contribution in [0, 0.1) is 18.3 Å². The minimum Gasteiger partial charge on any atom is -0.383 e. The molecular formula is C14H19N3O2. The zero-order valence-corrected chi connectivity index (χ0v) is 11.5. The third kappa shape index (κ3) is 4.98. The van der Waals surface area contributed by atoms with Crippen molar-refractivity contribution in [3.8, 4) is 6.07 Å². The van der Waals surface area contributed by atoms with Gasteiger partial charge in [-0.1, -0.05) is 6.07 Å². The molecule has 1 aromatic carbocycles. The second kappa shape index (κ2) is 7.39. The fourth-order valence-corrected chi connectivity index (χ4v) is 1.68. The van der Waals surface area contributed by atoms with Gasteiger partial charge < -0.3 is 15.4 Å². The predicted molar refractivity (Wildman–Crippen MR) is 73.9 cm³/mol. The number of ether oxygens (including phenoxy) is 1. The Morgan fingerprint density at radius 3 is 2.89 bits per heavy atom. The molecule has 2 N–H and O–H groups in total. The Labute approximate surface area is 113 Å². The summed E-state index contributed by atoms with van der Waals surface area (Å²) < 4.78 is 4.95. The van der Waals surface area contributed by atoms with Crippen LogP contribution in [-0.2, 0) is 9.53 Å². The van der Waals surface area contributed by atoms with E-state index in [0.29, 0.717) is 12.2 Å². The topological polar surface area (TPSA) is 74.2 Å². The quantitative estimate of drug-likeness (QED) is 0.812. The van der Waals surface area contributed by atoms with E-state index < -0.39 is 0 Å². The van der Waals surface area contributed by atoms with E-state index in [1.165, 1.54) is 0 Å². The molecule has 1 rings (SSSR count). The molecule has 0 saturated heterocycles. The zero-order chi connectivity index (χ0) is 14.3. The van der Waals surface area contributed by atoms with Gasteiger partial charge in [0.2, 0.25) is 5.91 Å². The molecule has 5 nitrogen and oxygen atoms in total. The number of nitrogens with one attached hydrogen (secondary N) is 2. The van der Waals surface area contributed by atoms with Crippen molar-refractivity contribution in [1.29, 1.82) is 5.26 Å². The maximum atomic E-state index is 11.7. The summed E-state index contributed by atoms with van der Waals surface area (Å²) in [6.07, 6.45) is 0. The van der Waals surface area contributed by atoms with Crippen molar-refractivity contribution in [2.45, 2.75) is 19.9 Å². The number of rotatable bonds is 6. The number of amides is 1. The van der Waals surface area contributed by atoms with Crippen LogP contribution in [0.1, 0.15) is 18.1 Å². The number of hydrogen-bond donors (Lipinski definition) is 2. The molecule has 102 valence electrons. The summed E-state index contributed by atoms with van der Waals surface area (Å²) in [6.45, 7) is 4.45. The van der Waals surface area contributed by atoms with Crippen molar-refractivity contribution in [2.75, 3.05) is 25.6 Å². The molecule has 1 atom stereocenters. The first-order valence-electron chi connectivity index (χ1n) is 6.09. The maximum absolute atomic E-state index is 11.7. The minimum atomic E-state index is -0.105. The summed E-state index contributed by atoms with van der Waals surface area (Å²) in [5.74, 6) is -0.105. The normalized spacial score (nSPS) is 11.5. The van der Waals surface area contributed by atoms with Crippen LogP contribution in [0.4, 0.5) is 5.69 Å². The highest BCUT2D eigenvalue weighted by Crippen LogP contribution is 2.15. The Morgan fingerprint density at radius 2 is 2.26 bits per heavy atom. The lowest BCUT2D eigenvalue weighted by atomic mass is 10.1. The molecule has 0 bridgehead atoms. The van der Waals surface area contributed by atoms with E-state index in [4.69, 9.17) is 10.00 Å².